The Morgan fingerprint density at radius 2 is 2.31 bits per heavy atom. The van der Waals surface area contributed by atoms with Crippen molar-refractivity contribution in [1.82, 2.24) is 15.1 Å². The van der Waals surface area contributed by atoms with E-state index in [-0.39, 0.29) is 0 Å². The van der Waals surface area contributed by atoms with Crippen LogP contribution in [0.4, 0.5) is 0 Å². The first-order valence-corrected chi connectivity index (χ1v) is 7.21. The van der Waals surface area contributed by atoms with Crippen molar-refractivity contribution < 1.29 is 0 Å². The van der Waals surface area contributed by atoms with Crippen molar-refractivity contribution in [2.45, 2.75) is 32.7 Å². The van der Waals surface area contributed by atoms with Crippen LogP contribution in [0.15, 0.2) is 12.3 Å². The van der Waals surface area contributed by atoms with E-state index in [4.69, 9.17) is 0 Å². The van der Waals surface area contributed by atoms with Crippen LogP contribution < -0.4 is 5.32 Å². The van der Waals surface area contributed by atoms with E-state index < -0.39 is 0 Å². The third-order valence-electron chi connectivity index (χ3n) is 2.69. The summed E-state index contributed by atoms with van der Waals surface area (Å²) < 4.78 is 1.97. The first kappa shape index (κ1) is 13.6. The summed E-state index contributed by atoms with van der Waals surface area (Å²) >= 11 is 2.01. The number of thioether (sulfide) groups is 1. The van der Waals surface area contributed by atoms with Crippen molar-refractivity contribution in [2.75, 3.05) is 18.1 Å². The van der Waals surface area contributed by atoms with Gasteiger partial charge in [-0.05, 0) is 31.2 Å². The summed E-state index contributed by atoms with van der Waals surface area (Å²) in [6.07, 6.45) is 4.18. The predicted molar refractivity (Wildman–Crippen MR) is 72.0 cm³/mol. The number of hydrogen-bond acceptors (Lipinski definition) is 3. The normalized spacial score (nSPS) is 12.9. The third kappa shape index (κ3) is 4.58. The Hall–Kier alpha value is -0.480. The molecule has 1 N–H and O–H groups in total. The van der Waals surface area contributed by atoms with Crippen LogP contribution in [0.1, 0.15) is 26.0 Å². The number of aryl methyl sites for hydroxylation is 2. The predicted octanol–water partition coefficient (Wildman–Crippen LogP) is 2.08. The molecule has 0 radical (unpaired) electrons. The van der Waals surface area contributed by atoms with Crippen molar-refractivity contribution in [1.29, 1.82) is 0 Å². The second-order valence-electron chi connectivity index (χ2n) is 3.90. The molecule has 0 saturated heterocycles. The Kier molecular flexibility index (Phi) is 6.57. The molecule has 4 heteroatoms. The molecule has 1 atom stereocenters. The molecule has 1 unspecified atom stereocenters. The van der Waals surface area contributed by atoms with E-state index >= 15 is 0 Å². The molecule has 1 rings (SSSR count). The monoisotopic (exact) mass is 241 g/mol. The lowest BCUT2D eigenvalue weighted by atomic mass is 10.1. The molecule has 0 aromatic carbocycles. The van der Waals surface area contributed by atoms with Crippen molar-refractivity contribution in [2.24, 2.45) is 7.05 Å². The molecule has 0 spiro atoms. The van der Waals surface area contributed by atoms with Crippen LogP contribution in [0.5, 0.6) is 0 Å². The Labute approximate surface area is 103 Å². The van der Waals surface area contributed by atoms with Gasteiger partial charge in [0.15, 0.2) is 0 Å². The van der Waals surface area contributed by atoms with Crippen LogP contribution in [0.25, 0.3) is 0 Å². The summed E-state index contributed by atoms with van der Waals surface area (Å²) in [6, 6.07) is 2.74. The molecule has 0 bridgehead atoms. The van der Waals surface area contributed by atoms with Gasteiger partial charge in [0.05, 0.1) is 0 Å². The second kappa shape index (κ2) is 7.74. The lowest BCUT2D eigenvalue weighted by Crippen LogP contribution is -2.31. The number of rotatable bonds is 8. The molecule has 0 amide bonds. The number of nitrogens with one attached hydrogen (secondary N) is 1. The number of nitrogens with zero attached hydrogens (tertiary/aromatic N) is 2. The lowest BCUT2D eigenvalue weighted by molar-refractivity contribution is 0.527. The van der Waals surface area contributed by atoms with Crippen molar-refractivity contribution in [3.63, 3.8) is 0 Å². The standard InChI is InChI=1S/C12H23N3S/c1-4-13-11(10-16-5-2)6-7-12-8-9-14-15(12)3/h8-9,11,13H,4-7,10H2,1-3H3. The van der Waals surface area contributed by atoms with Crippen LogP contribution in [0.3, 0.4) is 0 Å². The molecular weight excluding hydrogens is 218 g/mol. The minimum Gasteiger partial charge on any atom is -0.313 e. The Morgan fingerprint density at radius 3 is 2.88 bits per heavy atom. The quantitative estimate of drug-likeness (QED) is 0.756. The largest absolute Gasteiger partial charge is 0.313 e. The van der Waals surface area contributed by atoms with Gasteiger partial charge in [0.1, 0.15) is 0 Å². The molecule has 0 saturated carbocycles. The van der Waals surface area contributed by atoms with Crippen molar-refractivity contribution >= 4 is 11.8 Å². The van der Waals surface area contributed by atoms with Gasteiger partial charge in [-0.2, -0.15) is 16.9 Å². The topological polar surface area (TPSA) is 29.9 Å². The molecule has 0 aliphatic carbocycles. The molecule has 3 nitrogen and oxygen atoms in total. The van der Waals surface area contributed by atoms with E-state index in [0.717, 1.165) is 13.0 Å². The molecule has 16 heavy (non-hydrogen) atoms. The maximum atomic E-state index is 4.19. The van der Waals surface area contributed by atoms with E-state index in [1.807, 2.05) is 29.7 Å². The zero-order valence-corrected chi connectivity index (χ0v) is 11.4. The van der Waals surface area contributed by atoms with Gasteiger partial charge in [0.25, 0.3) is 0 Å². The Balaban J connectivity index is 2.34. The fraction of sp³-hybridized carbons (Fsp3) is 0.750. The van der Waals surface area contributed by atoms with Gasteiger partial charge < -0.3 is 5.32 Å². The number of hydrogen-bond donors (Lipinski definition) is 1. The van der Waals surface area contributed by atoms with Gasteiger partial charge in [-0.15, -0.1) is 0 Å². The maximum Gasteiger partial charge on any atom is 0.0492 e. The molecule has 1 aromatic heterocycles. The average Bonchev–Trinajstić information content (AvgIpc) is 2.68. The fourth-order valence-corrected chi connectivity index (χ4v) is 2.57. The van der Waals surface area contributed by atoms with Crippen LogP contribution >= 0.6 is 11.8 Å². The summed E-state index contributed by atoms with van der Waals surface area (Å²) in [6.45, 7) is 5.45. The van der Waals surface area contributed by atoms with Gasteiger partial charge in [-0.3, -0.25) is 4.68 Å². The molecule has 1 aromatic rings. The zero-order valence-electron chi connectivity index (χ0n) is 10.6. The zero-order chi connectivity index (χ0) is 11.8. The van der Waals surface area contributed by atoms with Crippen molar-refractivity contribution in [3.8, 4) is 0 Å². The molecular formula is C12H23N3S. The summed E-state index contributed by atoms with van der Waals surface area (Å²) in [5, 5.41) is 7.74. The van der Waals surface area contributed by atoms with E-state index in [1.165, 1.54) is 23.6 Å². The number of aromatic nitrogens is 2. The SMILES string of the molecule is CCNC(CCc1ccnn1C)CSCC. The van der Waals surface area contributed by atoms with E-state index in [9.17, 15) is 0 Å². The lowest BCUT2D eigenvalue weighted by Gasteiger charge is -2.17. The summed E-state index contributed by atoms with van der Waals surface area (Å²) in [5.41, 5.74) is 1.32. The van der Waals surface area contributed by atoms with Crippen LogP contribution in [-0.4, -0.2) is 33.9 Å². The minimum absolute atomic E-state index is 0.629. The highest BCUT2D eigenvalue weighted by Gasteiger charge is 2.08. The van der Waals surface area contributed by atoms with Crippen LogP contribution in [0.2, 0.25) is 0 Å². The van der Waals surface area contributed by atoms with Gasteiger partial charge in [-0.25, -0.2) is 0 Å². The van der Waals surface area contributed by atoms with Gasteiger partial charge in [0, 0.05) is 30.7 Å². The summed E-state index contributed by atoms with van der Waals surface area (Å²) in [5.74, 6) is 2.41. The first-order valence-electron chi connectivity index (χ1n) is 6.05. The van der Waals surface area contributed by atoms with Gasteiger partial charge >= 0.3 is 0 Å². The average molecular weight is 241 g/mol. The highest BCUT2D eigenvalue weighted by atomic mass is 32.2. The van der Waals surface area contributed by atoms with Crippen molar-refractivity contribution in [3.05, 3.63) is 18.0 Å². The second-order valence-corrected chi connectivity index (χ2v) is 5.22. The fourth-order valence-electron chi connectivity index (χ4n) is 1.76. The molecule has 1 heterocycles. The minimum atomic E-state index is 0.629. The summed E-state index contributed by atoms with van der Waals surface area (Å²) in [7, 11) is 2.01. The Morgan fingerprint density at radius 1 is 1.50 bits per heavy atom. The third-order valence-corrected chi connectivity index (χ3v) is 3.73. The van der Waals surface area contributed by atoms with Gasteiger partial charge in [0.2, 0.25) is 0 Å². The molecule has 92 valence electrons. The maximum absolute atomic E-state index is 4.19. The first-order chi connectivity index (χ1) is 7.77. The summed E-state index contributed by atoms with van der Waals surface area (Å²) in [4.78, 5) is 0. The van der Waals surface area contributed by atoms with E-state index in [2.05, 4.69) is 30.3 Å². The Bertz CT molecular complexity index is 286. The van der Waals surface area contributed by atoms with E-state index in [1.54, 1.807) is 0 Å². The molecule has 0 fully saturated rings. The van der Waals surface area contributed by atoms with Crippen LogP contribution in [-0.2, 0) is 13.5 Å². The van der Waals surface area contributed by atoms with Crippen LogP contribution in [0, 0.1) is 0 Å². The molecule has 0 aliphatic rings. The van der Waals surface area contributed by atoms with Gasteiger partial charge in [-0.1, -0.05) is 13.8 Å². The van der Waals surface area contributed by atoms with E-state index in [0.29, 0.717) is 6.04 Å². The highest BCUT2D eigenvalue weighted by Crippen LogP contribution is 2.09. The highest BCUT2D eigenvalue weighted by molar-refractivity contribution is 7.99. The smallest absolute Gasteiger partial charge is 0.0492 e. The molecule has 0 aliphatic heterocycles.